The smallest absolute Gasteiger partial charge is 0.145 e. The third-order valence-corrected chi connectivity index (χ3v) is 8.79. The van der Waals surface area contributed by atoms with Crippen LogP contribution in [-0.4, -0.2) is 4.57 Å². The fourth-order valence-electron chi connectivity index (χ4n) is 6.87. The zero-order chi connectivity index (χ0) is 29.7. The van der Waals surface area contributed by atoms with Crippen LogP contribution in [0.2, 0.25) is 0 Å². The Balaban J connectivity index is 1.36. The van der Waals surface area contributed by atoms with Crippen LogP contribution in [0.1, 0.15) is 0 Å². The molecular weight excluding hydrogens is 548 g/mol. The second-order valence-electron chi connectivity index (χ2n) is 11.3. The summed E-state index contributed by atoms with van der Waals surface area (Å²) in [5.74, 6) is 0. The van der Waals surface area contributed by atoms with Gasteiger partial charge >= 0.3 is 0 Å². The van der Waals surface area contributed by atoms with Gasteiger partial charge in [0.15, 0.2) is 0 Å². The number of nitrogens with zero attached hydrogens (tertiary/aromatic N) is 2. The molecule has 0 atom stereocenters. The molecule has 0 saturated carbocycles. The van der Waals surface area contributed by atoms with Gasteiger partial charge in [-0.3, -0.25) is 0 Å². The third kappa shape index (κ3) is 3.98. The Morgan fingerprint density at radius 2 is 0.956 bits per heavy atom. The zero-order valence-corrected chi connectivity index (χ0v) is 24.5. The number of fused-ring (bicyclic) bond motifs is 6. The molecule has 0 saturated heterocycles. The summed E-state index contributed by atoms with van der Waals surface area (Å²) >= 11 is 0. The van der Waals surface area contributed by atoms with Gasteiger partial charge in [0, 0.05) is 38.7 Å². The van der Waals surface area contributed by atoms with Gasteiger partial charge in [0.2, 0.25) is 0 Å². The molecule has 0 unspecified atom stereocenters. The number of para-hydroxylation sites is 6. The van der Waals surface area contributed by atoms with Crippen LogP contribution < -0.4 is 4.90 Å². The zero-order valence-electron chi connectivity index (χ0n) is 24.5. The number of benzene rings is 7. The van der Waals surface area contributed by atoms with Gasteiger partial charge in [0.25, 0.3) is 0 Å². The highest BCUT2D eigenvalue weighted by molar-refractivity contribution is 6.18. The van der Waals surface area contributed by atoms with Crippen LogP contribution >= 0.6 is 0 Å². The first-order valence-electron chi connectivity index (χ1n) is 15.3. The molecule has 0 radical (unpaired) electrons. The molecule has 9 aromatic rings. The number of furan rings is 1. The summed E-state index contributed by atoms with van der Waals surface area (Å²) in [6, 6.07) is 60.0. The minimum Gasteiger partial charge on any atom is -0.455 e. The molecule has 0 N–H and O–H groups in total. The largest absolute Gasteiger partial charge is 0.455 e. The van der Waals surface area contributed by atoms with E-state index in [9.17, 15) is 0 Å². The van der Waals surface area contributed by atoms with Crippen LogP contribution in [0.5, 0.6) is 0 Å². The Kier molecular flexibility index (Phi) is 5.82. The first-order chi connectivity index (χ1) is 22.4. The Morgan fingerprint density at radius 3 is 1.62 bits per heavy atom. The van der Waals surface area contributed by atoms with Crippen molar-refractivity contribution in [2.45, 2.75) is 0 Å². The van der Waals surface area contributed by atoms with E-state index in [1.165, 1.54) is 21.8 Å². The molecule has 9 rings (SSSR count). The number of hydrogen-bond acceptors (Lipinski definition) is 2. The van der Waals surface area contributed by atoms with E-state index in [0.717, 1.165) is 55.8 Å². The molecule has 0 bridgehead atoms. The predicted octanol–water partition coefficient (Wildman–Crippen LogP) is 11.8. The second kappa shape index (κ2) is 10.3. The van der Waals surface area contributed by atoms with Crippen LogP contribution in [0.15, 0.2) is 174 Å². The highest BCUT2D eigenvalue weighted by Gasteiger charge is 2.23. The van der Waals surface area contributed by atoms with Gasteiger partial charge in [-0.1, -0.05) is 109 Å². The molecule has 0 amide bonds. The topological polar surface area (TPSA) is 21.3 Å². The molecule has 212 valence electrons. The maximum atomic E-state index is 6.81. The average molecular weight is 577 g/mol. The molecule has 0 aliphatic carbocycles. The van der Waals surface area contributed by atoms with E-state index < -0.39 is 0 Å². The standard InChI is InChI=1S/C42H28N2O/c1-3-15-29(16-4-1)43(30-17-5-2-6-18-30)39-28-27-34(42-41(39)35-22-10-14-26-40(35)45-42)33-21-9-13-25-38(33)44-36-23-11-7-19-31(36)32-20-8-12-24-37(32)44/h1-28H. The van der Waals surface area contributed by atoms with E-state index in [0.29, 0.717) is 0 Å². The maximum absolute atomic E-state index is 6.81. The van der Waals surface area contributed by atoms with Gasteiger partial charge in [-0.15, -0.1) is 0 Å². The number of aromatic nitrogens is 1. The van der Waals surface area contributed by atoms with Crippen molar-refractivity contribution < 1.29 is 4.42 Å². The summed E-state index contributed by atoms with van der Waals surface area (Å²) < 4.78 is 9.20. The molecule has 3 heteroatoms. The Morgan fingerprint density at radius 1 is 0.422 bits per heavy atom. The van der Waals surface area contributed by atoms with Crippen molar-refractivity contribution in [3.63, 3.8) is 0 Å². The van der Waals surface area contributed by atoms with Crippen LogP contribution in [0.25, 0.3) is 60.6 Å². The molecule has 45 heavy (non-hydrogen) atoms. The van der Waals surface area contributed by atoms with E-state index in [1.807, 2.05) is 6.07 Å². The Bertz CT molecular complexity index is 2400. The average Bonchev–Trinajstić information content (AvgIpc) is 3.66. The van der Waals surface area contributed by atoms with Gasteiger partial charge in [-0.25, -0.2) is 0 Å². The van der Waals surface area contributed by atoms with Crippen molar-refractivity contribution in [2.75, 3.05) is 4.90 Å². The summed E-state index contributed by atoms with van der Waals surface area (Å²) in [7, 11) is 0. The highest BCUT2D eigenvalue weighted by atomic mass is 16.3. The minimum absolute atomic E-state index is 0.872. The molecule has 2 aromatic heterocycles. The monoisotopic (exact) mass is 576 g/mol. The molecule has 3 nitrogen and oxygen atoms in total. The normalized spacial score (nSPS) is 11.6. The summed E-state index contributed by atoms with van der Waals surface area (Å²) in [5, 5.41) is 4.67. The lowest BCUT2D eigenvalue weighted by Crippen LogP contribution is -2.10. The second-order valence-corrected chi connectivity index (χ2v) is 11.3. The van der Waals surface area contributed by atoms with Crippen molar-refractivity contribution in [3.8, 4) is 16.8 Å². The number of rotatable bonds is 5. The lowest BCUT2D eigenvalue weighted by molar-refractivity contribution is 0.670. The van der Waals surface area contributed by atoms with Crippen molar-refractivity contribution in [1.82, 2.24) is 4.57 Å². The maximum Gasteiger partial charge on any atom is 0.145 e. The minimum atomic E-state index is 0.872. The van der Waals surface area contributed by atoms with E-state index in [4.69, 9.17) is 4.42 Å². The lowest BCUT2D eigenvalue weighted by atomic mass is 9.98. The van der Waals surface area contributed by atoms with E-state index >= 15 is 0 Å². The van der Waals surface area contributed by atoms with Crippen molar-refractivity contribution in [3.05, 3.63) is 170 Å². The molecule has 7 aromatic carbocycles. The number of anilines is 3. The molecule has 0 aliphatic rings. The summed E-state index contributed by atoms with van der Waals surface area (Å²) in [6.45, 7) is 0. The molecular formula is C42H28N2O. The van der Waals surface area contributed by atoms with Crippen molar-refractivity contribution >= 4 is 60.8 Å². The fourth-order valence-corrected chi connectivity index (χ4v) is 6.87. The van der Waals surface area contributed by atoms with Crippen LogP contribution in [-0.2, 0) is 0 Å². The molecule has 0 aliphatic heterocycles. The van der Waals surface area contributed by atoms with Crippen molar-refractivity contribution in [1.29, 1.82) is 0 Å². The van der Waals surface area contributed by atoms with Crippen LogP contribution in [0.4, 0.5) is 17.1 Å². The predicted molar refractivity (Wildman–Crippen MR) is 188 cm³/mol. The third-order valence-electron chi connectivity index (χ3n) is 8.79. The quantitative estimate of drug-likeness (QED) is 0.203. The van der Waals surface area contributed by atoms with Crippen LogP contribution in [0.3, 0.4) is 0 Å². The van der Waals surface area contributed by atoms with Gasteiger partial charge in [-0.05, 0) is 60.7 Å². The van der Waals surface area contributed by atoms with Crippen molar-refractivity contribution in [2.24, 2.45) is 0 Å². The Hall–Kier alpha value is -6.06. The summed E-state index contributed by atoms with van der Waals surface area (Å²) in [6.07, 6.45) is 0. The van der Waals surface area contributed by atoms with Gasteiger partial charge in [0.05, 0.1) is 27.8 Å². The molecule has 0 spiro atoms. The molecule has 2 heterocycles. The highest BCUT2D eigenvalue weighted by Crippen LogP contribution is 2.47. The van der Waals surface area contributed by atoms with Gasteiger partial charge in [-0.2, -0.15) is 0 Å². The van der Waals surface area contributed by atoms with E-state index in [2.05, 4.69) is 173 Å². The van der Waals surface area contributed by atoms with E-state index in [-0.39, 0.29) is 0 Å². The first-order valence-corrected chi connectivity index (χ1v) is 15.3. The molecule has 0 fully saturated rings. The van der Waals surface area contributed by atoms with E-state index in [1.54, 1.807) is 0 Å². The first kappa shape index (κ1) is 25.4. The Labute approximate surface area is 260 Å². The van der Waals surface area contributed by atoms with Gasteiger partial charge < -0.3 is 13.9 Å². The SMILES string of the molecule is c1ccc(N(c2ccccc2)c2ccc(-c3ccccc3-n3c4ccccc4c4ccccc43)c3oc4ccccc4c23)cc1. The summed E-state index contributed by atoms with van der Waals surface area (Å²) in [5.41, 5.74) is 10.7. The van der Waals surface area contributed by atoms with Gasteiger partial charge in [0.1, 0.15) is 11.2 Å². The summed E-state index contributed by atoms with van der Waals surface area (Å²) in [4.78, 5) is 2.33. The lowest BCUT2D eigenvalue weighted by Gasteiger charge is -2.26. The van der Waals surface area contributed by atoms with Crippen LogP contribution in [0, 0.1) is 0 Å². The fraction of sp³-hybridized carbons (Fsp3) is 0. The number of hydrogen-bond donors (Lipinski definition) is 0.